The summed E-state index contributed by atoms with van der Waals surface area (Å²) in [6.45, 7) is 2.07. The van der Waals surface area contributed by atoms with E-state index in [1.54, 1.807) is 6.92 Å². The third-order valence-corrected chi connectivity index (χ3v) is 2.35. The summed E-state index contributed by atoms with van der Waals surface area (Å²) in [7, 11) is 0. The van der Waals surface area contributed by atoms with Crippen molar-refractivity contribution in [2.45, 2.75) is 38.1 Å². The van der Waals surface area contributed by atoms with E-state index in [0.29, 0.717) is 19.4 Å². The van der Waals surface area contributed by atoms with Crippen molar-refractivity contribution in [3.8, 4) is 0 Å². The molecular weight excluding hydrogens is 170 g/mol. The Morgan fingerprint density at radius 2 is 2.15 bits per heavy atom. The van der Waals surface area contributed by atoms with Crippen LogP contribution in [0.4, 0.5) is 0 Å². The number of carbonyl (C=O) groups is 1. The molecule has 0 aromatic rings. The Kier molecular flexibility index (Phi) is 3.20. The highest BCUT2D eigenvalue weighted by atomic mass is 16.5. The molecule has 72 valence electrons. The number of aliphatic imine (C=N–C) groups is 1. The van der Waals surface area contributed by atoms with Gasteiger partial charge in [-0.25, -0.2) is 9.59 Å². The predicted octanol–water partition coefficient (Wildman–Crippen LogP) is 1.20. The molecule has 4 heteroatoms. The standard InChI is InChI=1S/C9H13NO3/c1-2-13-8(12)9(10-7-11)5-3-4-6-9/h2-6H2,1H3. The van der Waals surface area contributed by atoms with Crippen molar-refractivity contribution in [3.63, 3.8) is 0 Å². The lowest BCUT2D eigenvalue weighted by molar-refractivity contribution is -0.149. The van der Waals surface area contributed by atoms with E-state index in [1.165, 1.54) is 6.08 Å². The van der Waals surface area contributed by atoms with Crippen LogP contribution in [-0.4, -0.2) is 24.2 Å². The van der Waals surface area contributed by atoms with Crippen LogP contribution in [0.5, 0.6) is 0 Å². The van der Waals surface area contributed by atoms with Crippen LogP contribution in [0.25, 0.3) is 0 Å². The van der Waals surface area contributed by atoms with Crippen molar-refractivity contribution in [1.82, 2.24) is 0 Å². The molecule has 1 rings (SSSR count). The largest absolute Gasteiger partial charge is 0.464 e. The van der Waals surface area contributed by atoms with E-state index in [4.69, 9.17) is 4.74 Å². The van der Waals surface area contributed by atoms with Crippen LogP contribution < -0.4 is 0 Å². The van der Waals surface area contributed by atoms with Crippen LogP contribution in [0.3, 0.4) is 0 Å². The van der Waals surface area contributed by atoms with Gasteiger partial charge >= 0.3 is 5.97 Å². The summed E-state index contributed by atoms with van der Waals surface area (Å²) in [4.78, 5) is 25.2. The van der Waals surface area contributed by atoms with Crippen molar-refractivity contribution in [1.29, 1.82) is 0 Å². The highest BCUT2D eigenvalue weighted by Gasteiger charge is 2.42. The minimum absolute atomic E-state index is 0.328. The van der Waals surface area contributed by atoms with Crippen LogP contribution in [0.2, 0.25) is 0 Å². The summed E-state index contributed by atoms with van der Waals surface area (Å²) in [5.74, 6) is -0.379. The molecule has 0 heterocycles. The number of rotatable bonds is 3. The lowest BCUT2D eigenvalue weighted by Crippen LogP contribution is -2.35. The van der Waals surface area contributed by atoms with Gasteiger partial charge in [0.25, 0.3) is 0 Å². The maximum Gasteiger partial charge on any atom is 0.334 e. The molecule has 0 saturated heterocycles. The Morgan fingerprint density at radius 3 is 2.62 bits per heavy atom. The van der Waals surface area contributed by atoms with Gasteiger partial charge in [-0.05, 0) is 19.8 Å². The van der Waals surface area contributed by atoms with E-state index in [9.17, 15) is 9.59 Å². The lowest BCUT2D eigenvalue weighted by Gasteiger charge is -2.18. The van der Waals surface area contributed by atoms with Crippen LogP contribution in [-0.2, 0) is 14.3 Å². The minimum Gasteiger partial charge on any atom is -0.464 e. The number of nitrogens with zero attached hydrogens (tertiary/aromatic N) is 1. The second kappa shape index (κ2) is 4.19. The Bertz CT molecular complexity index is 237. The number of carbonyl (C=O) groups excluding carboxylic acids is 2. The predicted molar refractivity (Wildman–Crippen MR) is 46.0 cm³/mol. The Balaban J connectivity index is 2.77. The van der Waals surface area contributed by atoms with Gasteiger partial charge < -0.3 is 4.74 Å². The molecule has 4 nitrogen and oxygen atoms in total. The van der Waals surface area contributed by atoms with E-state index < -0.39 is 5.54 Å². The monoisotopic (exact) mass is 183 g/mol. The molecule has 0 bridgehead atoms. The number of ether oxygens (including phenoxy) is 1. The summed E-state index contributed by atoms with van der Waals surface area (Å²) in [6.07, 6.45) is 4.53. The van der Waals surface area contributed by atoms with E-state index in [2.05, 4.69) is 4.99 Å². The smallest absolute Gasteiger partial charge is 0.334 e. The van der Waals surface area contributed by atoms with Crippen LogP contribution in [0.15, 0.2) is 4.99 Å². The molecule has 0 radical (unpaired) electrons. The molecule has 0 aliphatic heterocycles. The highest BCUT2D eigenvalue weighted by Crippen LogP contribution is 2.34. The average Bonchev–Trinajstić information content (AvgIpc) is 2.55. The molecule has 0 spiro atoms. The topological polar surface area (TPSA) is 55.7 Å². The molecule has 1 aliphatic rings. The second-order valence-electron chi connectivity index (χ2n) is 3.16. The molecule has 0 unspecified atom stereocenters. The van der Waals surface area contributed by atoms with Crippen molar-refractivity contribution >= 4 is 12.0 Å². The first kappa shape index (κ1) is 9.93. The fourth-order valence-corrected chi connectivity index (χ4v) is 1.67. The van der Waals surface area contributed by atoms with Gasteiger partial charge in [-0.15, -0.1) is 0 Å². The fraction of sp³-hybridized carbons (Fsp3) is 0.778. The zero-order valence-electron chi connectivity index (χ0n) is 7.71. The van der Waals surface area contributed by atoms with E-state index >= 15 is 0 Å². The highest BCUT2D eigenvalue weighted by molar-refractivity contribution is 5.82. The van der Waals surface area contributed by atoms with Gasteiger partial charge in [0.2, 0.25) is 6.08 Å². The van der Waals surface area contributed by atoms with Gasteiger partial charge in [0.1, 0.15) is 0 Å². The molecule has 0 aromatic heterocycles. The number of esters is 1. The third kappa shape index (κ3) is 1.95. The summed E-state index contributed by atoms with van der Waals surface area (Å²) in [5, 5.41) is 0. The molecule has 1 saturated carbocycles. The van der Waals surface area contributed by atoms with Crippen molar-refractivity contribution in [3.05, 3.63) is 0 Å². The Morgan fingerprint density at radius 1 is 1.54 bits per heavy atom. The van der Waals surface area contributed by atoms with Crippen molar-refractivity contribution in [2.75, 3.05) is 6.61 Å². The van der Waals surface area contributed by atoms with Crippen LogP contribution in [0.1, 0.15) is 32.6 Å². The van der Waals surface area contributed by atoms with Gasteiger partial charge in [0.15, 0.2) is 5.54 Å². The molecule has 0 N–H and O–H groups in total. The van der Waals surface area contributed by atoms with Crippen LogP contribution >= 0.6 is 0 Å². The zero-order valence-corrected chi connectivity index (χ0v) is 7.71. The third-order valence-electron chi connectivity index (χ3n) is 2.35. The Labute approximate surface area is 77.0 Å². The number of isocyanates is 1. The van der Waals surface area contributed by atoms with Crippen LogP contribution in [0, 0.1) is 0 Å². The summed E-state index contributed by atoms with van der Waals surface area (Å²) in [5.41, 5.74) is -0.905. The van der Waals surface area contributed by atoms with E-state index in [1.807, 2.05) is 0 Å². The number of hydrogen-bond donors (Lipinski definition) is 0. The van der Waals surface area contributed by atoms with E-state index in [-0.39, 0.29) is 5.97 Å². The Hall–Kier alpha value is -1.15. The molecule has 0 aromatic carbocycles. The van der Waals surface area contributed by atoms with Crippen molar-refractivity contribution < 1.29 is 14.3 Å². The first-order valence-electron chi connectivity index (χ1n) is 4.51. The minimum atomic E-state index is -0.905. The molecule has 1 aliphatic carbocycles. The molecular formula is C9H13NO3. The lowest BCUT2D eigenvalue weighted by atomic mass is 9.99. The molecule has 0 atom stereocenters. The fourth-order valence-electron chi connectivity index (χ4n) is 1.67. The average molecular weight is 183 g/mol. The van der Waals surface area contributed by atoms with Gasteiger partial charge in [0, 0.05) is 0 Å². The summed E-state index contributed by atoms with van der Waals surface area (Å²) >= 11 is 0. The zero-order chi connectivity index (χ0) is 9.73. The quantitative estimate of drug-likeness (QED) is 0.375. The van der Waals surface area contributed by atoms with Gasteiger partial charge in [-0.2, -0.15) is 4.99 Å². The summed E-state index contributed by atoms with van der Waals surface area (Å²) in [6, 6.07) is 0. The number of hydrogen-bond acceptors (Lipinski definition) is 4. The molecule has 13 heavy (non-hydrogen) atoms. The van der Waals surface area contributed by atoms with Crippen molar-refractivity contribution in [2.24, 2.45) is 4.99 Å². The maximum absolute atomic E-state index is 11.5. The summed E-state index contributed by atoms with van der Waals surface area (Å²) < 4.78 is 4.87. The van der Waals surface area contributed by atoms with Gasteiger partial charge in [0.05, 0.1) is 6.61 Å². The molecule has 1 fully saturated rings. The first-order chi connectivity index (χ1) is 6.25. The second-order valence-corrected chi connectivity index (χ2v) is 3.16. The SMILES string of the molecule is CCOC(=O)C1(N=C=O)CCCC1. The van der Waals surface area contributed by atoms with Gasteiger partial charge in [-0.1, -0.05) is 12.8 Å². The normalized spacial score (nSPS) is 19.2. The van der Waals surface area contributed by atoms with E-state index in [0.717, 1.165) is 12.8 Å². The molecule has 0 amide bonds. The maximum atomic E-state index is 11.5. The first-order valence-corrected chi connectivity index (χ1v) is 4.51. The van der Waals surface area contributed by atoms with Gasteiger partial charge in [-0.3, -0.25) is 0 Å².